The molecule has 0 bridgehead atoms. The monoisotopic (exact) mass is 266 g/mol. The van der Waals surface area contributed by atoms with Crippen LogP contribution < -0.4 is 5.32 Å². The normalized spacial score (nSPS) is 13.6. The molecule has 0 radical (unpaired) electrons. The Bertz CT molecular complexity index is 307. The second-order valence-electron chi connectivity index (χ2n) is 5.16. The largest absolute Gasteiger partial charge is 0.389 e. The van der Waals surface area contributed by atoms with Crippen LogP contribution in [0.2, 0.25) is 0 Å². The summed E-state index contributed by atoms with van der Waals surface area (Å²) in [7, 11) is -3.29. The summed E-state index contributed by atoms with van der Waals surface area (Å²) in [6.45, 7) is 9.89. The van der Waals surface area contributed by atoms with Crippen LogP contribution in [-0.4, -0.2) is 54.9 Å². The molecule has 0 rings (SSSR count). The fourth-order valence-electron chi connectivity index (χ4n) is 1.44. The summed E-state index contributed by atoms with van der Waals surface area (Å²) in [6, 6.07) is 0.273. The predicted molar refractivity (Wildman–Crippen MR) is 70.5 cm³/mol. The predicted octanol–water partition coefficient (Wildman–Crippen LogP) is 0.407. The Morgan fingerprint density at radius 2 is 1.88 bits per heavy atom. The van der Waals surface area contributed by atoms with Gasteiger partial charge in [0.2, 0.25) is 10.0 Å². The maximum atomic E-state index is 12.0. The molecule has 2 N–H and O–H groups in total. The minimum absolute atomic E-state index is 0.0646. The molecule has 0 heterocycles. The van der Waals surface area contributed by atoms with Crippen molar-refractivity contribution < 1.29 is 13.5 Å². The Hall–Kier alpha value is -0.170. The Balaban J connectivity index is 4.44. The van der Waals surface area contributed by atoms with Gasteiger partial charge < -0.3 is 10.4 Å². The quantitative estimate of drug-likeness (QED) is 0.667. The smallest absolute Gasteiger partial charge is 0.215 e. The number of nitrogens with one attached hydrogen (secondary N) is 1. The van der Waals surface area contributed by atoms with Gasteiger partial charge in [-0.25, -0.2) is 8.42 Å². The van der Waals surface area contributed by atoms with Gasteiger partial charge >= 0.3 is 0 Å². The van der Waals surface area contributed by atoms with Gasteiger partial charge in [-0.05, 0) is 13.8 Å². The number of nitrogens with zero attached hydrogens (tertiary/aromatic N) is 1. The van der Waals surface area contributed by atoms with E-state index in [-0.39, 0.29) is 18.3 Å². The van der Waals surface area contributed by atoms with E-state index in [4.69, 9.17) is 0 Å². The number of hydrogen-bond acceptors (Lipinski definition) is 4. The maximum Gasteiger partial charge on any atom is 0.215 e. The third-order valence-corrected chi connectivity index (χ3v) is 4.12. The second kappa shape index (κ2) is 6.68. The van der Waals surface area contributed by atoms with Crippen molar-refractivity contribution in [2.24, 2.45) is 0 Å². The highest BCUT2D eigenvalue weighted by molar-refractivity contribution is 7.89. The summed E-state index contributed by atoms with van der Waals surface area (Å²) in [6.07, 6.45) is 0. The number of likely N-dealkylation sites (N-methyl/N-ethyl adjacent to an activating group) is 1. The molecule has 0 aromatic heterocycles. The molecule has 0 aromatic carbocycles. The minimum atomic E-state index is -3.29. The van der Waals surface area contributed by atoms with Crippen molar-refractivity contribution in [1.29, 1.82) is 0 Å². The zero-order valence-electron chi connectivity index (χ0n) is 11.5. The van der Waals surface area contributed by atoms with Gasteiger partial charge in [0.1, 0.15) is 0 Å². The van der Waals surface area contributed by atoms with Crippen molar-refractivity contribution in [2.75, 3.05) is 25.4 Å². The summed E-state index contributed by atoms with van der Waals surface area (Å²) in [5.74, 6) is 0.0646. The summed E-state index contributed by atoms with van der Waals surface area (Å²) in [5.41, 5.74) is -1.01. The first-order valence-electron chi connectivity index (χ1n) is 6.02. The number of hydrogen-bond donors (Lipinski definition) is 2. The maximum absolute atomic E-state index is 12.0. The lowest BCUT2D eigenvalue weighted by Crippen LogP contribution is -2.44. The second-order valence-corrected chi connectivity index (χ2v) is 7.25. The molecule has 0 fully saturated rings. The van der Waals surface area contributed by atoms with E-state index in [1.807, 2.05) is 13.8 Å². The van der Waals surface area contributed by atoms with Gasteiger partial charge in [-0.3, -0.25) is 0 Å². The molecule has 0 aromatic rings. The van der Waals surface area contributed by atoms with E-state index >= 15 is 0 Å². The first kappa shape index (κ1) is 16.8. The number of sulfonamides is 1. The lowest BCUT2D eigenvalue weighted by molar-refractivity contribution is 0.0601. The first-order chi connectivity index (χ1) is 7.58. The van der Waals surface area contributed by atoms with E-state index in [9.17, 15) is 13.5 Å². The van der Waals surface area contributed by atoms with Gasteiger partial charge in [-0.1, -0.05) is 20.8 Å². The van der Waals surface area contributed by atoms with Gasteiger partial charge in [-0.15, -0.1) is 0 Å². The highest BCUT2D eigenvalue weighted by Crippen LogP contribution is 2.09. The molecular formula is C11H26N2O3S. The van der Waals surface area contributed by atoms with Gasteiger partial charge in [0.25, 0.3) is 0 Å². The molecule has 104 valence electrons. The van der Waals surface area contributed by atoms with Crippen LogP contribution in [0.15, 0.2) is 0 Å². The molecule has 0 saturated heterocycles. The molecule has 6 heteroatoms. The third kappa shape index (κ3) is 7.70. The van der Waals surface area contributed by atoms with Crippen LogP contribution in [0.4, 0.5) is 0 Å². The first-order valence-corrected chi connectivity index (χ1v) is 7.63. The fraction of sp³-hybridized carbons (Fsp3) is 1.00. The van der Waals surface area contributed by atoms with Crippen LogP contribution in [0.25, 0.3) is 0 Å². The van der Waals surface area contributed by atoms with Crippen molar-refractivity contribution in [3.05, 3.63) is 0 Å². The van der Waals surface area contributed by atoms with Crippen molar-refractivity contribution >= 4 is 10.0 Å². The molecule has 5 nitrogen and oxygen atoms in total. The molecule has 0 aliphatic carbocycles. The Morgan fingerprint density at radius 1 is 1.35 bits per heavy atom. The fourth-order valence-corrected chi connectivity index (χ4v) is 2.98. The highest BCUT2D eigenvalue weighted by atomic mass is 32.2. The number of aliphatic hydroxyl groups is 1. The Labute approximate surface area is 105 Å². The van der Waals surface area contributed by atoms with Crippen LogP contribution >= 0.6 is 0 Å². The van der Waals surface area contributed by atoms with Crippen molar-refractivity contribution in [2.45, 2.75) is 46.3 Å². The molecule has 0 unspecified atom stereocenters. The van der Waals surface area contributed by atoms with Crippen LogP contribution in [0.3, 0.4) is 0 Å². The van der Waals surface area contributed by atoms with Crippen LogP contribution in [0, 0.1) is 0 Å². The molecule has 0 atom stereocenters. The highest BCUT2D eigenvalue weighted by Gasteiger charge is 2.26. The molecular weight excluding hydrogens is 240 g/mol. The van der Waals surface area contributed by atoms with Gasteiger partial charge in [0.15, 0.2) is 0 Å². The van der Waals surface area contributed by atoms with Crippen molar-refractivity contribution in [3.63, 3.8) is 0 Å². The topological polar surface area (TPSA) is 69.6 Å². The van der Waals surface area contributed by atoms with Gasteiger partial charge in [-0.2, -0.15) is 4.31 Å². The molecule has 17 heavy (non-hydrogen) atoms. The zero-order chi connectivity index (χ0) is 13.7. The number of rotatable bonds is 8. The zero-order valence-corrected chi connectivity index (χ0v) is 12.3. The summed E-state index contributed by atoms with van der Waals surface area (Å²) in [5, 5.41) is 12.7. The Morgan fingerprint density at radius 3 is 2.24 bits per heavy atom. The van der Waals surface area contributed by atoms with Crippen molar-refractivity contribution in [3.8, 4) is 0 Å². The standard InChI is InChI=1S/C11H26N2O3S/c1-6-13(9-11(4,5)14)17(15,16)8-7-12-10(2)3/h10,12,14H,6-9H2,1-5H3. The van der Waals surface area contributed by atoms with E-state index in [1.54, 1.807) is 20.8 Å². The minimum Gasteiger partial charge on any atom is -0.389 e. The lowest BCUT2D eigenvalue weighted by Gasteiger charge is -2.27. The summed E-state index contributed by atoms with van der Waals surface area (Å²) >= 11 is 0. The average Bonchev–Trinajstić information content (AvgIpc) is 2.11. The summed E-state index contributed by atoms with van der Waals surface area (Å²) < 4.78 is 25.3. The third-order valence-electron chi connectivity index (χ3n) is 2.22. The lowest BCUT2D eigenvalue weighted by atomic mass is 10.1. The molecule has 0 saturated carbocycles. The van der Waals surface area contributed by atoms with Crippen LogP contribution in [-0.2, 0) is 10.0 Å². The van der Waals surface area contributed by atoms with Gasteiger partial charge in [0.05, 0.1) is 11.4 Å². The molecule has 0 aliphatic rings. The molecule has 0 amide bonds. The van der Waals surface area contributed by atoms with E-state index in [2.05, 4.69) is 5.32 Å². The summed E-state index contributed by atoms with van der Waals surface area (Å²) in [4.78, 5) is 0. The van der Waals surface area contributed by atoms with Crippen molar-refractivity contribution in [1.82, 2.24) is 9.62 Å². The molecule has 0 aliphatic heterocycles. The average molecular weight is 266 g/mol. The van der Waals surface area contributed by atoms with E-state index in [0.29, 0.717) is 13.1 Å². The van der Waals surface area contributed by atoms with E-state index in [0.717, 1.165) is 0 Å². The van der Waals surface area contributed by atoms with Gasteiger partial charge in [0, 0.05) is 25.7 Å². The van der Waals surface area contributed by atoms with E-state index in [1.165, 1.54) is 4.31 Å². The molecule has 0 spiro atoms. The van der Waals surface area contributed by atoms with Crippen LogP contribution in [0.1, 0.15) is 34.6 Å². The SMILES string of the molecule is CCN(CC(C)(C)O)S(=O)(=O)CCNC(C)C. The van der Waals surface area contributed by atoms with Crippen LogP contribution in [0.5, 0.6) is 0 Å². The van der Waals surface area contributed by atoms with E-state index < -0.39 is 15.6 Å². The Kier molecular flexibility index (Phi) is 6.61.